The van der Waals surface area contributed by atoms with Crippen LogP contribution in [0, 0.1) is 11.8 Å². The van der Waals surface area contributed by atoms with E-state index in [9.17, 15) is 0 Å². The van der Waals surface area contributed by atoms with E-state index in [1.165, 1.54) is 64.0 Å². The molecule has 20 heavy (non-hydrogen) atoms. The SMILES string of the molecule is CC1Cc2ccccc2N(CCCC2CCNCC2)C1. The molecule has 0 bridgehead atoms. The summed E-state index contributed by atoms with van der Waals surface area (Å²) in [5.74, 6) is 1.76. The highest BCUT2D eigenvalue weighted by molar-refractivity contribution is 5.55. The minimum Gasteiger partial charge on any atom is -0.371 e. The third kappa shape index (κ3) is 3.35. The Hall–Kier alpha value is -1.02. The molecule has 0 aliphatic carbocycles. The molecular weight excluding hydrogens is 244 g/mol. The Bertz CT molecular complexity index is 423. The fourth-order valence-electron chi connectivity index (χ4n) is 3.86. The molecule has 0 saturated carbocycles. The molecule has 0 amide bonds. The number of fused-ring (bicyclic) bond motifs is 1. The summed E-state index contributed by atoms with van der Waals surface area (Å²) in [4.78, 5) is 2.63. The Balaban J connectivity index is 1.54. The average Bonchev–Trinajstić information content (AvgIpc) is 2.48. The molecule has 1 atom stereocenters. The van der Waals surface area contributed by atoms with Gasteiger partial charge in [-0.15, -0.1) is 0 Å². The molecule has 0 radical (unpaired) electrons. The van der Waals surface area contributed by atoms with E-state index >= 15 is 0 Å². The van der Waals surface area contributed by atoms with Crippen molar-refractivity contribution < 1.29 is 0 Å². The van der Waals surface area contributed by atoms with E-state index in [0.29, 0.717) is 0 Å². The van der Waals surface area contributed by atoms with E-state index < -0.39 is 0 Å². The van der Waals surface area contributed by atoms with Crippen molar-refractivity contribution in [2.75, 3.05) is 31.1 Å². The van der Waals surface area contributed by atoms with Gasteiger partial charge < -0.3 is 10.2 Å². The third-order valence-electron chi connectivity index (χ3n) is 4.93. The molecule has 1 unspecified atom stereocenters. The molecule has 1 fully saturated rings. The Morgan fingerprint density at radius 2 is 2.00 bits per heavy atom. The van der Waals surface area contributed by atoms with Gasteiger partial charge in [-0.1, -0.05) is 25.1 Å². The van der Waals surface area contributed by atoms with Gasteiger partial charge in [-0.2, -0.15) is 0 Å². The number of hydrogen-bond acceptors (Lipinski definition) is 2. The first-order valence-corrected chi connectivity index (χ1v) is 8.36. The summed E-state index contributed by atoms with van der Waals surface area (Å²) in [5, 5.41) is 3.46. The van der Waals surface area contributed by atoms with Crippen LogP contribution in [0.25, 0.3) is 0 Å². The van der Waals surface area contributed by atoms with Crippen LogP contribution in [0.15, 0.2) is 24.3 Å². The predicted octanol–water partition coefficient (Wildman–Crippen LogP) is 3.47. The highest BCUT2D eigenvalue weighted by Gasteiger charge is 2.21. The molecule has 1 aromatic carbocycles. The van der Waals surface area contributed by atoms with E-state index in [2.05, 4.69) is 41.4 Å². The molecule has 3 rings (SSSR count). The van der Waals surface area contributed by atoms with Crippen molar-refractivity contribution in [3.05, 3.63) is 29.8 Å². The summed E-state index contributed by atoms with van der Waals surface area (Å²) in [6, 6.07) is 9.00. The van der Waals surface area contributed by atoms with Crippen molar-refractivity contribution in [1.29, 1.82) is 0 Å². The zero-order chi connectivity index (χ0) is 13.8. The van der Waals surface area contributed by atoms with Crippen LogP contribution in [0.3, 0.4) is 0 Å². The third-order valence-corrected chi connectivity index (χ3v) is 4.93. The monoisotopic (exact) mass is 272 g/mol. The van der Waals surface area contributed by atoms with Gasteiger partial charge >= 0.3 is 0 Å². The summed E-state index contributed by atoms with van der Waals surface area (Å²) in [5.41, 5.74) is 3.05. The summed E-state index contributed by atoms with van der Waals surface area (Å²) in [7, 11) is 0. The van der Waals surface area contributed by atoms with Crippen LogP contribution >= 0.6 is 0 Å². The Morgan fingerprint density at radius 3 is 2.85 bits per heavy atom. The van der Waals surface area contributed by atoms with Gasteiger partial charge in [-0.3, -0.25) is 0 Å². The molecule has 2 heteroatoms. The highest BCUT2D eigenvalue weighted by atomic mass is 15.1. The van der Waals surface area contributed by atoms with Crippen molar-refractivity contribution in [2.24, 2.45) is 11.8 Å². The topological polar surface area (TPSA) is 15.3 Å². The number of benzene rings is 1. The second-order valence-electron chi connectivity index (χ2n) is 6.72. The van der Waals surface area contributed by atoms with Crippen LogP contribution < -0.4 is 10.2 Å². The molecule has 0 spiro atoms. The van der Waals surface area contributed by atoms with Crippen LogP contribution in [-0.2, 0) is 6.42 Å². The number of nitrogens with zero attached hydrogens (tertiary/aromatic N) is 1. The maximum absolute atomic E-state index is 3.46. The van der Waals surface area contributed by atoms with Crippen LogP contribution in [0.5, 0.6) is 0 Å². The molecule has 2 aliphatic heterocycles. The quantitative estimate of drug-likeness (QED) is 0.903. The maximum Gasteiger partial charge on any atom is 0.0398 e. The molecule has 1 aromatic rings. The number of anilines is 1. The number of hydrogen-bond donors (Lipinski definition) is 1. The predicted molar refractivity (Wildman–Crippen MR) is 86.4 cm³/mol. The minimum absolute atomic E-state index is 0.795. The van der Waals surface area contributed by atoms with Gasteiger partial charge in [0, 0.05) is 18.8 Å². The maximum atomic E-state index is 3.46. The number of nitrogens with one attached hydrogen (secondary N) is 1. The standard InChI is InChI=1S/C18H28N2/c1-15-13-17-6-2-3-7-18(17)20(14-15)12-4-5-16-8-10-19-11-9-16/h2-3,6-7,15-16,19H,4-5,8-14H2,1H3. The van der Waals surface area contributed by atoms with E-state index in [1.807, 2.05) is 0 Å². The van der Waals surface area contributed by atoms with Crippen molar-refractivity contribution in [3.63, 3.8) is 0 Å². The lowest BCUT2D eigenvalue weighted by molar-refractivity contribution is 0.346. The van der Waals surface area contributed by atoms with Crippen LogP contribution in [-0.4, -0.2) is 26.2 Å². The van der Waals surface area contributed by atoms with E-state index in [1.54, 1.807) is 5.56 Å². The molecule has 1 N–H and O–H groups in total. The molecule has 2 nitrogen and oxygen atoms in total. The largest absolute Gasteiger partial charge is 0.371 e. The van der Waals surface area contributed by atoms with E-state index in [-0.39, 0.29) is 0 Å². The molecule has 2 heterocycles. The van der Waals surface area contributed by atoms with E-state index in [4.69, 9.17) is 0 Å². The van der Waals surface area contributed by atoms with Gasteiger partial charge in [-0.05, 0) is 68.7 Å². The lowest BCUT2D eigenvalue weighted by Gasteiger charge is -2.35. The highest BCUT2D eigenvalue weighted by Crippen LogP contribution is 2.30. The zero-order valence-electron chi connectivity index (χ0n) is 12.8. The first-order chi connectivity index (χ1) is 9.83. The second kappa shape index (κ2) is 6.62. The van der Waals surface area contributed by atoms with Crippen molar-refractivity contribution in [3.8, 4) is 0 Å². The fourth-order valence-corrected chi connectivity index (χ4v) is 3.86. The lowest BCUT2D eigenvalue weighted by Crippen LogP contribution is -2.35. The van der Waals surface area contributed by atoms with E-state index in [0.717, 1.165) is 11.8 Å². The second-order valence-corrected chi connectivity index (χ2v) is 6.72. The number of rotatable bonds is 4. The molecule has 0 aromatic heterocycles. The first-order valence-electron chi connectivity index (χ1n) is 8.36. The Kier molecular flexibility index (Phi) is 4.62. The fraction of sp³-hybridized carbons (Fsp3) is 0.667. The van der Waals surface area contributed by atoms with Gasteiger partial charge in [0.05, 0.1) is 0 Å². The van der Waals surface area contributed by atoms with Crippen LogP contribution in [0.4, 0.5) is 5.69 Å². The summed E-state index contributed by atoms with van der Waals surface area (Å²) >= 11 is 0. The Labute approximate surface area is 123 Å². The minimum atomic E-state index is 0.795. The average molecular weight is 272 g/mol. The van der Waals surface area contributed by atoms with Crippen molar-refractivity contribution >= 4 is 5.69 Å². The summed E-state index contributed by atoms with van der Waals surface area (Å²) in [6.45, 7) is 7.33. The van der Waals surface area contributed by atoms with Gasteiger partial charge in [0.15, 0.2) is 0 Å². The molecule has 1 saturated heterocycles. The van der Waals surface area contributed by atoms with Gasteiger partial charge in [-0.25, -0.2) is 0 Å². The van der Waals surface area contributed by atoms with Gasteiger partial charge in [0.25, 0.3) is 0 Å². The summed E-state index contributed by atoms with van der Waals surface area (Å²) in [6.07, 6.45) is 6.78. The van der Waals surface area contributed by atoms with Gasteiger partial charge in [0.1, 0.15) is 0 Å². The van der Waals surface area contributed by atoms with Gasteiger partial charge in [0.2, 0.25) is 0 Å². The number of piperidine rings is 1. The summed E-state index contributed by atoms with van der Waals surface area (Å²) < 4.78 is 0. The van der Waals surface area contributed by atoms with Crippen LogP contribution in [0.2, 0.25) is 0 Å². The normalized spacial score (nSPS) is 23.6. The zero-order valence-corrected chi connectivity index (χ0v) is 12.8. The Morgan fingerprint density at radius 1 is 1.20 bits per heavy atom. The molecule has 2 aliphatic rings. The lowest BCUT2D eigenvalue weighted by atomic mass is 9.91. The van der Waals surface area contributed by atoms with Crippen LogP contribution in [0.1, 0.15) is 38.2 Å². The van der Waals surface area contributed by atoms with Crippen molar-refractivity contribution in [1.82, 2.24) is 5.32 Å². The molecule has 110 valence electrons. The first kappa shape index (κ1) is 13.9. The smallest absolute Gasteiger partial charge is 0.0398 e. The number of para-hydroxylation sites is 1. The molecular formula is C18H28N2. The van der Waals surface area contributed by atoms with Crippen molar-refractivity contribution in [2.45, 2.75) is 39.0 Å².